The van der Waals surface area contributed by atoms with Crippen molar-refractivity contribution in [1.82, 2.24) is 14.5 Å². The molecule has 1 N–H and O–H groups in total. The topological polar surface area (TPSA) is 42.8 Å². The largest absolute Gasteiger partial charge is 0.496 e. The smallest absolute Gasteiger partial charge is 0.124 e. The summed E-state index contributed by atoms with van der Waals surface area (Å²) in [6.07, 6.45) is 7.71. The SMILES string of the molecule is COc1ccccc1C(c1c[nH]c2ccccc12)n1ccnc1. The number of hydrogen-bond donors (Lipinski definition) is 1. The molecule has 4 rings (SSSR count). The Hall–Kier alpha value is -3.01. The van der Waals surface area contributed by atoms with Crippen LogP contribution in [0.25, 0.3) is 10.9 Å². The second kappa shape index (κ2) is 5.65. The molecule has 1 atom stereocenters. The van der Waals surface area contributed by atoms with Gasteiger partial charge in [-0.3, -0.25) is 0 Å². The Balaban J connectivity index is 1.97. The van der Waals surface area contributed by atoms with Crippen LogP contribution in [0.3, 0.4) is 0 Å². The molecule has 0 aliphatic carbocycles. The maximum absolute atomic E-state index is 5.59. The van der Waals surface area contributed by atoms with E-state index in [1.165, 1.54) is 10.9 Å². The maximum atomic E-state index is 5.59. The van der Waals surface area contributed by atoms with E-state index < -0.39 is 0 Å². The predicted molar refractivity (Wildman–Crippen MR) is 90.8 cm³/mol. The fourth-order valence-electron chi connectivity index (χ4n) is 3.12. The van der Waals surface area contributed by atoms with Crippen LogP contribution in [0.1, 0.15) is 17.2 Å². The van der Waals surface area contributed by atoms with Crippen LogP contribution in [0, 0.1) is 0 Å². The van der Waals surface area contributed by atoms with Crippen LogP contribution in [0.5, 0.6) is 5.75 Å². The van der Waals surface area contributed by atoms with E-state index in [0.29, 0.717) is 0 Å². The van der Waals surface area contributed by atoms with E-state index in [2.05, 4.69) is 45.0 Å². The number of rotatable bonds is 4. The first kappa shape index (κ1) is 13.6. The van der Waals surface area contributed by atoms with Crippen LogP contribution in [0.15, 0.2) is 73.4 Å². The number of H-pyrrole nitrogens is 1. The van der Waals surface area contributed by atoms with Crippen LogP contribution < -0.4 is 4.74 Å². The number of para-hydroxylation sites is 2. The molecule has 114 valence electrons. The van der Waals surface area contributed by atoms with Crippen molar-refractivity contribution >= 4 is 10.9 Å². The highest BCUT2D eigenvalue weighted by atomic mass is 16.5. The van der Waals surface area contributed by atoms with Crippen LogP contribution in [0.2, 0.25) is 0 Å². The zero-order chi connectivity index (χ0) is 15.6. The summed E-state index contributed by atoms with van der Waals surface area (Å²) in [5.41, 5.74) is 3.43. The number of methoxy groups -OCH3 is 1. The minimum Gasteiger partial charge on any atom is -0.496 e. The Morgan fingerprint density at radius 1 is 1.04 bits per heavy atom. The van der Waals surface area contributed by atoms with Gasteiger partial charge in [0.1, 0.15) is 5.75 Å². The van der Waals surface area contributed by atoms with E-state index in [9.17, 15) is 0 Å². The van der Waals surface area contributed by atoms with Crippen LogP contribution in [-0.2, 0) is 0 Å². The Bertz CT molecular complexity index is 925. The summed E-state index contributed by atoms with van der Waals surface area (Å²) >= 11 is 0. The molecule has 2 aromatic carbocycles. The lowest BCUT2D eigenvalue weighted by Gasteiger charge is -2.21. The number of aromatic nitrogens is 3. The van der Waals surface area contributed by atoms with Crippen molar-refractivity contribution in [1.29, 1.82) is 0 Å². The summed E-state index contributed by atoms with van der Waals surface area (Å²) < 4.78 is 7.70. The Kier molecular flexibility index (Phi) is 3.35. The van der Waals surface area contributed by atoms with E-state index in [-0.39, 0.29) is 6.04 Å². The lowest BCUT2D eigenvalue weighted by molar-refractivity contribution is 0.405. The van der Waals surface area contributed by atoms with Gasteiger partial charge in [-0.05, 0) is 12.1 Å². The number of imidazole rings is 1. The summed E-state index contributed by atoms with van der Waals surface area (Å²) in [4.78, 5) is 7.59. The van der Waals surface area contributed by atoms with Gasteiger partial charge in [-0.25, -0.2) is 4.98 Å². The predicted octanol–water partition coefficient (Wildman–Crippen LogP) is 4.01. The number of nitrogens with zero attached hydrogens (tertiary/aromatic N) is 2. The minimum absolute atomic E-state index is 0.00444. The zero-order valence-electron chi connectivity index (χ0n) is 12.8. The zero-order valence-corrected chi connectivity index (χ0v) is 12.8. The van der Waals surface area contributed by atoms with E-state index in [1.54, 1.807) is 13.3 Å². The quantitative estimate of drug-likeness (QED) is 0.619. The van der Waals surface area contributed by atoms with Crippen LogP contribution >= 0.6 is 0 Å². The average Bonchev–Trinajstić information content (AvgIpc) is 3.27. The van der Waals surface area contributed by atoms with Crippen molar-refractivity contribution in [3.05, 3.63) is 84.6 Å². The van der Waals surface area contributed by atoms with Crippen molar-refractivity contribution in [2.45, 2.75) is 6.04 Å². The third kappa shape index (κ3) is 2.28. The second-order valence-corrected chi connectivity index (χ2v) is 5.44. The standard InChI is InChI=1S/C19H17N3O/c1-23-18-9-5-3-7-15(18)19(22-11-10-20-13-22)16-12-21-17-8-4-2-6-14(16)17/h2-13,19,21H,1H3. The molecule has 4 nitrogen and oxygen atoms in total. The van der Waals surface area contributed by atoms with Crippen molar-refractivity contribution in [3.63, 3.8) is 0 Å². The molecule has 2 aromatic heterocycles. The molecule has 0 fully saturated rings. The molecule has 0 aliphatic rings. The fraction of sp³-hybridized carbons (Fsp3) is 0.105. The van der Waals surface area contributed by atoms with E-state index in [1.807, 2.05) is 36.8 Å². The highest BCUT2D eigenvalue weighted by molar-refractivity contribution is 5.84. The Labute approximate surface area is 134 Å². The number of aromatic amines is 1. The summed E-state index contributed by atoms with van der Waals surface area (Å²) in [5.74, 6) is 0.872. The van der Waals surface area contributed by atoms with Gasteiger partial charge in [-0.15, -0.1) is 0 Å². The number of fused-ring (bicyclic) bond motifs is 1. The summed E-state index contributed by atoms with van der Waals surface area (Å²) in [6.45, 7) is 0. The normalized spacial score (nSPS) is 12.4. The molecule has 0 saturated heterocycles. The number of benzene rings is 2. The van der Waals surface area contributed by atoms with Gasteiger partial charge < -0.3 is 14.3 Å². The van der Waals surface area contributed by atoms with Crippen LogP contribution in [0.4, 0.5) is 0 Å². The van der Waals surface area contributed by atoms with Gasteiger partial charge in [0.05, 0.1) is 19.5 Å². The molecule has 0 spiro atoms. The highest BCUT2D eigenvalue weighted by Gasteiger charge is 2.22. The van der Waals surface area contributed by atoms with E-state index >= 15 is 0 Å². The number of ether oxygens (including phenoxy) is 1. The van der Waals surface area contributed by atoms with Gasteiger partial charge in [-0.2, -0.15) is 0 Å². The fourth-order valence-corrected chi connectivity index (χ4v) is 3.12. The van der Waals surface area contributed by atoms with Crippen LogP contribution in [-0.4, -0.2) is 21.6 Å². The molecular formula is C19H17N3O. The van der Waals surface area contributed by atoms with Crippen molar-refractivity contribution in [2.24, 2.45) is 0 Å². The molecule has 0 radical (unpaired) electrons. The molecule has 0 amide bonds. The van der Waals surface area contributed by atoms with E-state index in [4.69, 9.17) is 4.74 Å². The van der Waals surface area contributed by atoms with E-state index in [0.717, 1.165) is 16.8 Å². The van der Waals surface area contributed by atoms with Gasteiger partial charge in [-0.1, -0.05) is 36.4 Å². The molecule has 4 heteroatoms. The first-order chi connectivity index (χ1) is 11.4. The molecular weight excluding hydrogens is 286 g/mol. The first-order valence-corrected chi connectivity index (χ1v) is 7.55. The number of hydrogen-bond acceptors (Lipinski definition) is 2. The van der Waals surface area contributed by atoms with Crippen molar-refractivity contribution in [2.75, 3.05) is 7.11 Å². The molecule has 0 bridgehead atoms. The highest BCUT2D eigenvalue weighted by Crippen LogP contribution is 2.36. The monoisotopic (exact) mass is 303 g/mol. The lowest BCUT2D eigenvalue weighted by atomic mass is 9.97. The molecule has 0 aliphatic heterocycles. The number of nitrogens with one attached hydrogen (secondary N) is 1. The molecule has 0 saturated carbocycles. The van der Waals surface area contributed by atoms with Gasteiger partial charge in [0.15, 0.2) is 0 Å². The van der Waals surface area contributed by atoms with Crippen molar-refractivity contribution < 1.29 is 4.74 Å². The third-order valence-corrected chi connectivity index (χ3v) is 4.17. The first-order valence-electron chi connectivity index (χ1n) is 7.55. The molecule has 1 unspecified atom stereocenters. The maximum Gasteiger partial charge on any atom is 0.124 e. The van der Waals surface area contributed by atoms with Gasteiger partial charge in [0, 0.05) is 40.6 Å². The Morgan fingerprint density at radius 3 is 2.70 bits per heavy atom. The summed E-state index contributed by atoms with van der Waals surface area (Å²) in [5, 5.41) is 1.21. The summed E-state index contributed by atoms with van der Waals surface area (Å²) in [7, 11) is 1.71. The van der Waals surface area contributed by atoms with Gasteiger partial charge in [0.25, 0.3) is 0 Å². The summed E-state index contributed by atoms with van der Waals surface area (Å²) in [6, 6.07) is 16.5. The molecule has 4 aromatic rings. The molecule has 2 heterocycles. The third-order valence-electron chi connectivity index (χ3n) is 4.17. The second-order valence-electron chi connectivity index (χ2n) is 5.44. The lowest BCUT2D eigenvalue weighted by Crippen LogP contribution is -2.11. The Morgan fingerprint density at radius 2 is 1.87 bits per heavy atom. The van der Waals surface area contributed by atoms with Gasteiger partial charge in [0.2, 0.25) is 0 Å². The van der Waals surface area contributed by atoms with Crippen molar-refractivity contribution in [3.8, 4) is 5.75 Å². The molecule has 23 heavy (non-hydrogen) atoms. The average molecular weight is 303 g/mol. The van der Waals surface area contributed by atoms with Gasteiger partial charge >= 0.3 is 0 Å². The minimum atomic E-state index is 0.00444.